The number of ether oxygens (including phenoxy) is 1. The Balaban J connectivity index is 2.14. The minimum Gasteiger partial charge on any atom is -0.495 e. The van der Waals surface area contributed by atoms with Crippen molar-refractivity contribution in [3.05, 3.63) is 46.6 Å². The number of rotatable bonds is 7. The molecular weight excluding hydrogens is 338 g/mol. The van der Waals surface area contributed by atoms with Crippen molar-refractivity contribution in [3.8, 4) is 5.75 Å². The molecule has 25 heavy (non-hydrogen) atoms. The van der Waals surface area contributed by atoms with Gasteiger partial charge < -0.3 is 15.4 Å². The maximum absolute atomic E-state index is 12.2. The summed E-state index contributed by atoms with van der Waals surface area (Å²) in [7, 11) is 1.58. The van der Waals surface area contributed by atoms with Gasteiger partial charge in [0.05, 0.1) is 12.8 Å². The summed E-state index contributed by atoms with van der Waals surface area (Å²) >= 11 is 6.13. The second kappa shape index (κ2) is 8.72. The number of carbonyl (C=O) groups excluding carboxylic acids is 1. The normalized spacial score (nSPS) is 10.6. The number of nitrogens with one attached hydrogen (secondary N) is 2. The molecule has 0 aliphatic carbocycles. The lowest BCUT2D eigenvalue weighted by atomic mass is 10.1. The van der Waals surface area contributed by atoms with Crippen molar-refractivity contribution in [2.24, 2.45) is 5.92 Å². The first-order chi connectivity index (χ1) is 11.9. The van der Waals surface area contributed by atoms with Crippen LogP contribution < -0.4 is 15.4 Å². The molecule has 0 bridgehead atoms. The summed E-state index contributed by atoms with van der Waals surface area (Å²) < 4.78 is 5.35. The summed E-state index contributed by atoms with van der Waals surface area (Å²) in [5.41, 5.74) is 2.23. The summed E-state index contributed by atoms with van der Waals surface area (Å²) in [4.78, 5) is 16.5. The second-order valence-electron chi connectivity index (χ2n) is 6.29. The van der Waals surface area contributed by atoms with Gasteiger partial charge in [-0.05, 0) is 43.0 Å². The number of benzene rings is 1. The van der Waals surface area contributed by atoms with E-state index < -0.39 is 0 Å². The van der Waals surface area contributed by atoms with Crippen molar-refractivity contribution >= 4 is 29.0 Å². The molecule has 1 heterocycles. The summed E-state index contributed by atoms with van der Waals surface area (Å²) in [5, 5.41) is 6.74. The van der Waals surface area contributed by atoms with Crippen LogP contribution >= 0.6 is 11.6 Å². The standard InChI is InChI=1S/C19H24ClN3O2/c1-12(2)5-7-22-19(24)14-6-8-21-18(10-14)23-16-9-13(3)15(20)11-17(16)25-4/h6,8-12H,5,7H2,1-4H3,(H,21,23)(H,22,24). The zero-order valence-corrected chi connectivity index (χ0v) is 15.8. The van der Waals surface area contributed by atoms with Crippen molar-refractivity contribution in [1.29, 1.82) is 0 Å². The fourth-order valence-corrected chi connectivity index (χ4v) is 2.44. The number of anilines is 2. The molecule has 1 aromatic carbocycles. The van der Waals surface area contributed by atoms with Gasteiger partial charge in [0, 0.05) is 29.4 Å². The number of carbonyl (C=O) groups is 1. The Morgan fingerprint density at radius 3 is 2.76 bits per heavy atom. The molecule has 6 heteroatoms. The monoisotopic (exact) mass is 361 g/mol. The van der Waals surface area contributed by atoms with Crippen LogP contribution in [0.15, 0.2) is 30.5 Å². The molecule has 0 saturated carbocycles. The number of amides is 1. The minimum atomic E-state index is -0.106. The molecule has 2 aromatic rings. The van der Waals surface area contributed by atoms with E-state index in [1.807, 2.05) is 13.0 Å². The molecule has 0 aliphatic heterocycles. The average Bonchev–Trinajstić information content (AvgIpc) is 2.57. The van der Waals surface area contributed by atoms with Crippen LogP contribution in [0.3, 0.4) is 0 Å². The van der Waals surface area contributed by atoms with E-state index in [2.05, 4.69) is 29.5 Å². The number of hydrogen-bond acceptors (Lipinski definition) is 4. The Hall–Kier alpha value is -2.27. The van der Waals surface area contributed by atoms with E-state index in [1.54, 1.807) is 31.5 Å². The van der Waals surface area contributed by atoms with Gasteiger partial charge in [-0.3, -0.25) is 4.79 Å². The summed E-state index contributed by atoms with van der Waals surface area (Å²) in [5.74, 6) is 1.63. The van der Waals surface area contributed by atoms with E-state index in [4.69, 9.17) is 16.3 Å². The van der Waals surface area contributed by atoms with Gasteiger partial charge in [-0.15, -0.1) is 0 Å². The Kier molecular flexibility index (Phi) is 6.65. The van der Waals surface area contributed by atoms with Gasteiger partial charge in [0.15, 0.2) is 0 Å². The molecule has 0 aliphatic rings. The number of halogens is 1. The first-order valence-corrected chi connectivity index (χ1v) is 8.64. The van der Waals surface area contributed by atoms with E-state index in [1.165, 1.54) is 0 Å². The fraction of sp³-hybridized carbons (Fsp3) is 0.368. The molecule has 1 amide bonds. The topological polar surface area (TPSA) is 63.2 Å². The van der Waals surface area contributed by atoms with Gasteiger partial charge in [-0.2, -0.15) is 0 Å². The van der Waals surface area contributed by atoms with Gasteiger partial charge in [-0.25, -0.2) is 4.98 Å². The second-order valence-corrected chi connectivity index (χ2v) is 6.70. The quantitative estimate of drug-likeness (QED) is 0.758. The molecule has 5 nitrogen and oxygen atoms in total. The number of hydrogen-bond donors (Lipinski definition) is 2. The van der Waals surface area contributed by atoms with Crippen LogP contribution in [-0.4, -0.2) is 24.5 Å². The lowest BCUT2D eigenvalue weighted by Crippen LogP contribution is -2.25. The maximum atomic E-state index is 12.2. The van der Waals surface area contributed by atoms with E-state index in [0.29, 0.717) is 34.6 Å². The van der Waals surface area contributed by atoms with Crippen LogP contribution in [-0.2, 0) is 0 Å². The van der Waals surface area contributed by atoms with Crippen LogP contribution in [0, 0.1) is 12.8 Å². The van der Waals surface area contributed by atoms with E-state index in [-0.39, 0.29) is 5.91 Å². The Morgan fingerprint density at radius 2 is 2.08 bits per heavy atom. The van der Waals surface area contributed by atoms with Crippen LogP contribution in [0.2, 0.25) is 5.02 Å². The fourth-order valence-electron chi connectivity index (χ4n) is 2.28. The van der Waals surface area contributed by atoms with Crippen molar-refractivity contribution in [2.45, 2.75) is 27.2 Å². The number of nitrogens with zero attached hydrogens (tertiary/aromatic N) is 1. The third-order valence-electron chi connectivity index (χ3n) is 3.77. The highest BCUT2D eigenvalue weighted by Gasteiger charge is 2.10. The Bertz CT molecular complexity index is 747. The van der Waals surface area contributed by atoms with Crippen molar-refractivity contribution in [2.75, 3.05) is 19.0 Å². The first-order valence-electron chi connectivity index (χ1n) is 8.26. The molecule has 0 unspecified atom stereocenters. The lowest BCUT2D eigenvalue weighted by Gasteiger charge is -2.13. The largest absolute Gasteiger partial charge is 0.495 e. The first kappa shape index (κ1) is 19.1. The number of methoxy groups -OCH3 is 1. The molecule has 1 aromatic heterocycles. The average molecular weight is 362 g/mol. The molecule has 0 spiro atoms. The zero-order chi connectivity index (χ0) is 18.4. The summed E-state index contributed by atoms with van der Waals surface area (Å²) in [6.07, 6.45) is 2.55. The lowest BCUT2D eigenvalue weighted by molar-refractivity contribution is 0.0952. The van der Waals surface area contributed by atoms with Crippen molar-refractivity contribution in [1.82, 2.24) is 10.3 Å². The summed E-state index contributed by atoms with van der Waals surface area (Å²) in [6.45, 7) is 6.83. The smallest absolute Gasteiger partial charge is 0.251 e. The summed E-state index contributed by atoms with van der Waals surface area (Å²) in [6, 6.07) is 7.05. The molecule has 0 fully saturated rings. The predicted molar refractivity (Wildman–Crippen MR) is 102 cm³/mol. The van der Waals surface area contributed by atoms with Crippen molar-refractivity contribution in [3.63, 3.8) is 0 Å². The van der Waals surface area contributed by atoms with Crippen LogP contribution in [0.4, 0.5) is 11.5 Å². The minimum absolute atomic E-state index is 0.106. The third-order valence-corrected chi connectivity index (χ3v) is 4.18. The molecule has 2 rings (SSSR count). The molecular formula is C19H24ClN3O2. The Morgan fingerprint density at radius 1 is 1.32 bits per heavy atom. The molecule has 0 atom stereocenters. The number of aromatic nitrogens is 1. The van der Waals surface area contributed by atoms with Gasteiger partial charge in [0.1, 0.15) is 11.6 Å². The molecule has 0 saturated heterocycles. The SMILES string of the molecule is COc1cc(Cl)c(C)cc1Nc1cc(C(=O)NCCC(C)C)ccn1. The molecule has 134 valence electrons. The van der Waals surface area contributed by atoms with Gasteiger partial charge in [0.2, 0.25) is 0 Å². The highest BCUT2D eigenvalue weighted by molar-refractivity contribution is 6.31. The number of aryl methyl sites for hydroxylation is 1. The van der Waals surface area contributed by atoms with Gasteiger partial charge in [0.25, 0.3) is 5.91 Å². The maximum Gasteiger partial charge on any atom is 0.251 e. The highest BCUT2D eigenvalue weighted by Crippen LogP contribution is 2.32. The van der Waals surface area contributed by atoms with Gasteiger partial charge >= 0.3 is 0 Å². The Labute approximate surface area is 153 Å². The highest BCUT2D eigenvalue weighted by atomic mass is 35.5. The molecule has 2 N–H and O–H groups in total. The van der Waals surface area contributed by atoms with Gasteiger partial charge in [-0.1, -0.05) is 25.4 Å². The van der Waals surface area contributed by atoms with E-state index in [9.17, 15) is 4.79 Å². The van der Waals surface area contributed by atoms with Crippen LogP contribution in [0.25, 0.3) is 0 Å². The third kappa shape index (κ3) is 5.36. The van der Waals surface area contributed by atoms with Crippen LogP contribution in [0.1, 0.15) is 36.2 Å². The van der Waals surface area contributed by atoms with Crippen molar-refractivity contribution < 1.29 is 9.53 Å². The van der Waals surface area contributed by atoms with E-state index >= 15 is 0 Å². The predicted octanol–water partition coefficient (Wildman–Crippen LogP) is 4.57. The number of pyridine rings is 1. The zero-order valence-electron chi connectivity index (χ0n) is 15.0. The molecule has 0 radical (unpaired) electrons. The van der Waals surface area contributed by atoms with Crippen LogP contribution in [0.5, 0.6) is 5.75 Å². The van der Waals surface area contributed by atoms with E-state index in [0.717, 1.165) is 17.7 Å².